The van der Waals surface area contributed by atoms with Gasteiger partial charge in [-0.3, -0.25) is 9.78 Å². The van der Waals surface area contributed by atoms with Crippen molar-refractivity contribution < 1.29 is 18.0 Å². The molecule has 0 bridgehead atoms. The van der Waals surface area contributed by atoms with Gasteiger partial charge in [-0.25, -0.2) is 4.98 Å². The summed E-state index contributed by atoms with van der Waals surface area (Å²) < 4.78 is 37.0. The smallest absolute Gasteiger partial charge is 0.289 e. The number of halogens is 4. The number of rotatable bonds is 4. The van der Waals surface area contributed by atoms with E-state index in [4.69, 9.17) is 11.6 Å². The van der Waals surface area contributed by atoms with Gasteiger partial charge in [-0.15, -0.1) is 0 Å². The molecular weight excluding hydrogens is 305 g/mol. The van der Waals surface area contributed by atoms with E-state index in [2.05, 4.69) is 9.97 Å². The molecule has 0 aliphatic rings. The Balaban J connectivity index is 2.21. The second kappa shape index (κ2) is 6.22. The van der Waals surface area contributed by atoms with E-state index in [0.29, 0.717) is 17.1 Å². The molecule has 2 aromatic heterocycles. The number of nitrogens with zero attached hydrogens (tertiary/aromatic N) is 2. The predicted octanol–water partition coefficient (Wildman–Crippen LogP) is 3.39. The third-order valence-electron chi connectivity index (χ3n) is 2.81. The molecule has 0 amide bonds. The minimum absolute atomic E-state index is 0.120. The summed E-state index contributed by atoms with van der Waals surface area (Å²) in [4.78, 5) is 18.9. The van der Waals surface area contributed by atoms with E-state index in [1.807, 2.05) is 0 Å². The summed E-state index contributed by atoms with van der Waals surface area (Å²) in [5.41, 5.74) is 1.45. The third-order valence-corrected chi connectivity index (χ3v) is 3.04. The second-order valence-electron chi connectivity index (χ2n) is 4.37. The molecule has 3 nitrogen and oxygen atoms in total. The van der Waals surface area contributed by atoms with Gasteiger partial charge in [-0.05, 0) is 23.3 Å². The van der Waals surface area contributed by atoms with Gasteiger partial charge in [0.25, 0.3) is 0 Å². The first-order valence-corrected chi connectivity index (χ1v) is 6.37. The highest BCUT2D eigenvalue weighted by atomic mass is 35.5. The average Bonchev–Trinajstić information content (AvgIpc) is 2.42. The zero-order chi connectivity index (χ0) is 15.5. The lowest BCUT2D eigenvalue weighted by molar-refractivity contribution is -0.170. The Bertz CT molecular complexity index is 641. The molecule has 0 aliphatic heterocycles. The molecule has 2 aromatic rings. The van der Waals surface area contributed by atoms with Crippen molar-refractivity contribution in [3.05, 3.63) is 58.6 Å². The zero-order valence-electron chi connectivity index (χ0n) is 10.7. The molecule has 0 aliphatic carbocycles. The quantitative estimate of drug-likeness (QED) is 0.812. The van der Waals surface area contributed by atoms with Gasteiger partial charge in [0.15, 0.2) is 0 Å². The number of hydrogen-bond acceptors (Lipinski definition) is 3. The number of pyridine rings is 2. The van der Waals surface area contributed by atoms with E-state index < -0.39 is 18.4 Å². The standard InChI is InChI=1S/C14H10ClF3N2O/c15-13-4-3-9(8-20-13)6-10-2-1-5-19-11(10)7-12(21)14(16,17)18/h1-5,8H,6-7H2. The van der Waals surface area contributed by atoms with E-state index in [-0.39, 0.29) is 5.69 Å². The Hall–Kier alpha value is -1.95. The van der Waals surface area contributed by atoms with E-state index in [9.17, 15) is 18.0 Å². The number of Topliss-reactive ketones (excluding diaryl/α,β-unsaturated/α-hetero) is 1. The molecule has 0 N–H and O–H groups in total. The first-order valence-electron chi connectivity index (χ1n) is 5.99. The lowest BCUT2D eigenvalue weighted by Gasteiger charge is -2.09. The lowest BCUT2D eigenvalue weighted by atomic mass is 10.0. The van der Waals surface area contributed by atoms with Crippen LogP contribution in [0.5, 0.6) is 0 Å². The van der Waals surface area contributed by atoms with Crippen LogP contribution in [-0.4, -0.2) is 21.9 Å². The largest absolute Gasteiger partial charge is 0.450 e. The van der Waals surface area contributed by atoms with Crippen LogP contribution in [0.3, 0.4) is 0 Å². The number of ketones is 1. The highest BCUT2D eigenvalue weighted by Gasteiger charge is 2.38. The molecular formula is C14H10ClF3N2O. The molecule has 7 heteroatoms. The van der Waals surface area contributed by atoms with Crippen LogP contribution in [0.1, 0.15) is 16.8 Å². The number of aromatic nitrogens is 2. The van der Waals surface area contributed by atoms with Crippen LogP contribution in [0.25, 0.3) is 0 Å². The number of carbonyl (C=O) groups is 1. The van der Waals surface area contributed by atoms with Gasteiger partial charge in [-0.1, -0.05) is 23.7 Å². The molecule has 0 spiro atoms. The van der Waals surface area contributed by atoms with E-state index in [0.717, 1.165) is 5.56 Å². The summed E-state index contributed by atoms with van der Waals surface area (Å²) in [6.07, 6.45) is -2.39. The van der Waals surface area contributed by atoms with Gasteiger partial charge in [-0.2, -0.15) is 13.2 Å². The molecule has 2 heterocycles. The number of hydrogen-bond donors (Lipinski definition) is 0. The highest BCUT2D eigenvalue weighted by molar-refractivity contribution is 6.29. The molecule has 0 fully saturated rings. The fourth-order valence-corrected chi connectivity index (χ4v) is 1.89. The maximum absolute atomic E-state index is 12.3. The van der Waals surface area contributed by atoms with Gasteiger partial charge in [0.2, 0.25) is 5.78 Å². The van der Waals surface area contributed by atoms with Gasteiger partial charge in [0, 0.05) is 18.8 Å². The summed E-state index contributed by atoms with van der Waals surface area (Å²) in [5.74, 6) is -1.81. The molecule has 0 radical (unpaired) electrons. The van der Waals surface area contributed by atoms with Crippen LogP contribution < -0.4 is 0 Å². The van der Waals surface area contributed by atoms with Crippen molar-refractivity contribution in [2.24, 2.45) is 0 Å². The van der Waals surface area contributed by atoms with Crippen molar-refractivity contribution in [3.8, 4) is 0 Å². The fraction of sp³-hybridized carbons (Fsp3) is 0.214. The molecule has 0 unspecified atom stereocenters. The summed E-state index contributed by atoms with van der Waals surface area (Å²) in [7, 11) is 0. The first kappa shape index (κ1) is 15.4. The summed E-state index contributed by atoms with van der Waals surface area (Å²) in [6, 6.07) is 6.56. The Labute approximate surface area is 123 Å². The summed E-state index contributed by atoms with van der Waals surface area (Å²) in [6.45, 7) is 0. The minimum Gasteiger partial charge on any atom is -0.289 e. The number of alkyl halides is 3. The molecule has 0 aromatic carbocycles. The third kappa shape index (κ3) is 4.26. The maximum Gasteiger partial charge on any atom is 0.450 e. The fourth-order valence-electron chi connectivity index (χ4n) is 1.77. The first-order chi connectivity index (χ1) is 9.86. The van der Waals surface area contributed by atoms with Gasteiger partial charge in [0.05, 0.1) is 12.1 Å². The van der Waals surface area contributed by atoms with Crippen molar-refractivity contribution >= 4 is 17.4 Å². The van der Waals surface area contributed by atoms with Crippen molar-refractivity contribution in [1.82, 2.24) is 9.97 Å². The monoisotopic (exact) mass is 314 g/mol. The SMILES string of the molecule is O=C(Cc1ncccc1Cc1ccc(Cl)nc1)C(F)(F)F. The van der Waals surface area contributed by atoms with Gasteiger partial charge < -0.3 is 0 Å². The molecule has 0 saturated carbocycles. The minimum atomic E-state index is -4.85. The van der Waals surface area contributed by atoms with Crippen LogP contribution in [0.4, 0.5) is 13.2 Å². The average molecular weight is 315 g/mol. The van der Waals surface area contributed by atoms with Crippen molar-refractivity contribution in [2.45, 2.75) is 19.0 Å². The molecule has 21 heavy (non-hydrogen) atoms. The van der Waals surface area contributed by atoms with Crippen molar-refractivity contribution in [1.29, 1.82) is 0 Å². The summed E-state index contributed by atoms with van der Waals surface area (Å²) in [5, 5.41) is 0.331. The molecule has 0 atom stereocenters. The van der Waals surface area contributed by atoms with Crippen LogP contribution in [0, 0.1) is 0 Å². The maximum atomic E-state index is 12.3. The zero-order valence-corrected chi connectivity index (χ0v) is 11.4. The predicted molar refractivity (Wildman–Crippen MR) is 71.1 cm³/mol. The molecule has 0 saturated heterocycles. The Kier molecular flexibility index (Phi) is 4.57. The normalized spacial score (nSPS) is 11.4. The van der Waals surface area contributed by atoms with E-state index >= 15 is 0 Å². The van der Waals surface area contributed by atoms with Gasteiger partial charge >= 0.3 is 6.18 Å². The van der Waals surface area contributed by atoms with E-state index in [1.165, 1.54) is 12.4 Å². The van der Waals surface area contributed by atoms with Crippen molar-refractivity contribution in [2.75, 3.05) is 0 Å². The Morgan fingerprint density at radius 3 is 2.57 bits per heavy atom. The Morgan fingerprint density at radius 2 is 1.95 bits per heavy atom. The molecule has 2 rings (SSSR count). The second-order valence-corrected chi connectivity index (χ2v) is 4.76. The topological polar surface area (TPSA) is 42.9 Å². The van der Waals surface area contributed by atoms with Crippen LogP contribution in [0.2, 0.25) is 5.15 Å². The highest BCUT2D eigenvalue weighted by Crippen LogP contribution is 2.20. The Morgan fingerprint density at radius 1 is 1.19 bits per heavy atom. The van der Waals surface area contributed by atoms with Crippen molar-refractivity contribution in [3.63, 3.8) is 0 Å². The van der Waals surface area contributed by atoms with Crippen LogP contribution in [0.15, 0.2) is 36.7 Å². The molecule has 110 valence electrons. The number of carbonyl (C=O) groups excluding carboxylic acids is 1. The van der Waals surface area contributed by atoms with E-state index in [1.54, 1.807) is 24.3 Å². The lowest BCUT2D eigenvalue weighted by Crippen LogP contribution is -2.25. The van der Waals surface area contributed by atoms with Gasteiger partial charge in [0.1, 0.15) is 5.15 Å². The van der Waals surface area contributed by atoms with Crippen LogP contribution >= 0.6 is 11.6 Å². The summed E-state index contributed by atoms with van der Waals surface area (Å²) >= 11 is 5.67. The van der Waals surface area contributed by atoms with Crippen LogP contribution in [-0.2, 0) is 17.6 Å².